The van der Waals surface area contributed by atoms with Gasteiger partial charge in [0.25, 0.3) is 0 Å². The summed E-state index contributed by atoms with van der Waals surface area (Å²) in [6, 6.07) is 3.43. The Labute approximate surface area is 122 Å². The van der Waals surface area contributed by atoms with Gasteiger partial charge in [-0.3, -0.25) is 0 Å². The van der Waals surface area contributed by atoms with Gasteiger partial charge >= 0.3 is 6.03 Å². The molecule has 4 nitrogen and oxygen atoms in total. The molecule has 3 rings (SSSR count). The number of carbonyl (C=O) groups excluding carboxylic acids is 1. The Morgan fingerprint density at radius 3 is 2.86 bits per heavy atom. The highest BCUT2D eigenvalue weighted by Crippen LogP contribution is 2.31. The Morgan fingerprint density at radius 2 is 2.14 bits per heavy atom. The van der Waals surface area contributed by atoms with E-state index in [0.29, 0.717) is 18.7 Å². The monoisotopic (exact) mass is 295 g/mol. The van der Waals surface area contributed by atoms with Gasteiger partial charge in [-0.2, -0.15) is 0 Å². The molecule has 2 saturated heterocycles. The maximum absolute atomic E-state index is 13.8. The zero-order valence-electron chi connectivity index (χ0n) is 11.9. The van der Waals surface area contributed by atoms with Crippen molar-refractivity contribution in [3.05, 3.63) is 35.4 Å². The van der Waals surface area contributed by atoms with Crippen molar-refractivity contribution in [1.29, 1.82) is 0 Å². The molecule has 1 aromatic carbocycles. The van der Waals surface area contributed by atoms with Crippen LogP contribution in [0.1, 0.15) is 31.4 Å². The minimum absolute atomic E-state index is 0.0362. The van der Waals surface area contributed by atoms with Crippen molar-refractivity contribution < 1.29 is 13.6 Å². The molecule has 0 spiro atoms. The Bertz CT molecular complexity index is 552. The summed E-state index contributed by atoms with van der Waals surface area (Å²) < 4.78 is 27.1. The third kappa shape index (κ3) is 2.72. The molecule has 0 radical (unpaired) electrons. The molecule has 2 aliphatic rings. The molecule has 0 saturated carbocycles. The summed E-state index contributed by atoms with van der Waals surface area (Å²) in [7, 11) is 0. The number of hydrogen-bond donors (Lipinski definition) is 2. The van der Waals surface area contributed by atoms with E-state index in [1.54, 1.807) is 4.90 Å². The predicted octanol–water partition coefficient (Wildman–Crippen LogP) is 2.17. The summed E-state index contributed by atoms with van der Waals surface area (Å²) in [6.07, 6.45) is 1.58. The van der Waals surface area contributed by atoms with Crippen molar-refractivity contribution >= 4 is 6.03 Å². The Kier molecular flexibility index (Phi) is 3.80. The summed E-state index contributed by atoms with van der Waals surface area (Å²) in [4.78, 5) is 13.5. The van der Waals surface area contributed by atoms with Gasteiger partial charge in [-0.05, 0) is 38.0 Å². The van der Waals surface area contributed by atoms with Gasteiger partial charge in [-0.1, -0.05) is 0 Å². The molecule has 0 aliphatic carbocycles. The second-order valence-corrected chi connectivity index (χ2v) is 5.73. The first-order valence-electron chi connectivity index (χ1n) is 7.31. The smallest absolute Gasteiger partial charge is 0.317 e. The van der Waals surface area contributed by atoms with E-state index in [1.165, 1.54) is 6.07 Å². The summed E-state index contributed by atoms with van der Waals surface area (Å²) in [6.45, 7) is 3.35. The summed E-state index contributed by atoms with van der Waals surface area (Å²) in [5, 5.41) is 6.13. The molecule has 114 valence electrons. The number of halogens is 2. The first kappa shape index (κ1) is 14.3. The second kappa shape index (κ2) is 5.60. The molecule has 0 bridgehead atoms. The van der Waals surface area contributed by atoms with Crippen LogP contribution in [-0.4, -0.2) is 36.1 Å². The first-order valence-corrected chi connectivity index (χ1v) is 7.31. The van der Waals surface area contributed by atoms with Crippen LogP contribution < -0.4 is 10.6 Å². The molecule has 2 unspecified atom stereocenters. The molecular weight excluding hydrogens is 276 g/mol. The first-order chi connectivity index (χ1) is 10.1. The maximum atomic E-state index is 13.8. The van der Waals surface area contributed by atoms with Gasteiger partial charge in [0.15, 0.2) is 0 Å². The fraction of sp³-hybridized carbons (Fsp3) is 0.533. The van der Waals surface area contributed by atoms with E-state index < -0.39 is 5.82 Å². The molecule has 1 aromatic rings. The number of urea groups is 1. The highest BCUT2D eigenvalue weighted by atomic mass is 19.1. The minimum Gasteiger partial charge on any atom is -0.336 e. The van der Waals surface area contributed by atoms with E-state index in [1.807, 2.05) is 6.92 Å². The average molecular weight is 295 g/mol. The maximum Gasteiger partial charge on any atom is 0.317 e. The van der Waals surface area contributed by atoms with E-state index in [2.05, 4.69) is 10.6 Å². The van der Waals surface area contributed by atoms with Crippen molar-refractivity contribution in [2.75, 3.05) is 13.1 Å². The van der Waals surface area contributed by atoms with E-state index in [0.717, 1.165) is 25.0 Å². The molecular formula is C15H19F2N3O. The lowest BCUT2D eigenvalue weighted by atomic mass is 10.0. The number of rotatable bonds is 3. The molecule has 21 heavy (non-hydrogen) atoms. The van der Waals surface area contributed by atoms with Crippen LogP contribution in [0.2, 0.25) is 0 Å². The van der Waals surface area contributed by atoms with Gasteiger partial charge in [-0.25, -0.2) is 13.6 Å². The lowest BCUT2D eigenvalue weighted by Crippen LogP contribution is -2.47. The minimum atomic E-state index is -0.427. The Hall–Kier alpha value is -1.69. The van der Waals surface area contributed by atoms with Crippen LogP contribution in [0.5, 0.6) is 0 Å². The predicted molar refractivity (Wildman–Crippen MR) is 74.8 cm³/mol. The molecule has 6 heteroatoms. The van der Waals surface area contributed by atoms with Gasteiger partial charge in [0.05, 0.1) is 0 Å². The molecule has 2 fully saturated rings. The molecule has 3 atom stereocenters. The number of benzene rings is 1. The summed E-state index contributed by atoms with van der Waals surface area (Å²) in [5.74, 6) is -0.815. The number of carbonyl (C=O) groups is 1. The fourth-order valence-electron chi connectivity index (χ4n) is 3.27. The third-order valence-electron chi connectivity index (χ3n) is 4.48. The molecule has 0 aromatic heterocycles. The zero-order chi connectivity index (χ0) is 15.0. The lowest BCUT2D eigenvalue weighted by Gasteiger charge is -2.29. The van der Waals surface area contributed by atoms with E-state index in [-0.39, 0.29) is 30.0 Å². The van der Waals surface area contributed by atoms with E-state index in [4.69, 9.17) is 0 Å². The van der Waals surface area contributed by atoms with Gasteiger partial charge in [-0.15, -0.1) is 0 Å². The largest absolute Gasteiger partial charge is 0.336 e. The quantitative estimate of drug-likeness (QED) is 0.897. The number of nitrogens with one attached hydrogen (secondary N) is 2. The fourth-order valence-corrected chi connectivity index (χ4v) is 3.27. The Morgan fingerprint density at radius 1 is 1.33 bits per heavy atom. The second-order valence-electron chi connectivity index (χ2n) is 5.73. The van der Waals surface area contributed by atoms with Crippen molar-refractivity contribution in [3.63, 3.8) is 0 Å². The number of amides is 2. The highest BCUT2D eigenvalue weighted by molar-refractivity contribution is 5.76. The van der Waals surface area contributed by atoms with Crippen molar-refractivity contribution in [3.8, 4) is 0 Å². The normalized spacial score (nSPS) is 27.0. The SMILES string of the molecule is CC(C1CC[C@H](c2cc(F)ccc2F)N1)N1CCNC1=O. The molecule has 2 heterocycles. The van der Waals surface area contributed by atoms with Crippen LogP contribution >= 0.6 is 0 Å². The standard InChI is InChI=1S/C15H19F2N3O/c1-9(20-7-6-18-15(20)21)13-4-5-14(19-13)11-8-10(16)2-3-12(11)17/h2-3,8-9,13-14,19H,4-7H2,1H3,(H,18,21)/t9?,13?,14-/m1/s1. The molecule has 2 amide bonds. The van der Waals surface area contributed by atoms with Crippen molar-refractivity contribution in [2.45, 2.75) is 37.9 Å². The van der Waals surface area contributed by atoms with Gasteiger partial charge in [0.2, 0.25) is 0 Å². The number of nitrogens with zero attached hydrogens (tertiary/aromatic N) is 1. The van der Waals surface area contributed by atoms with Gasteiger partial charge < -0.3 is 15.5 Å². The van der Waals surface area contributed by atoms with Crippen molar-refractivity contribution in [2.24, 2.45) is 0 Å². The zero-order valence-corrected chi connectivity index (χ0v) is 11.9. The topological polar surface area (TPSA) is 44.4 Å². The van der Waals surface area contributed by atoms with E-state index in [9.17, 15) is 13.6 Å². The van der Waals surface area contributed by atoms with Crippen LogP contribution in [-0.2, 0) is 0 Å². The molecule has 2 aliphatic heterocycles. The average Bonchev–Trinajstić information content (AvgIpc) is 3.09. The molecule has 2 N–H and O–H groups in total. The van der Waals surface area contributed by atoms with Crippen LogP contribution in [0.25, 0.3) is 0 Å². The van der Waals surface area contributed by atoms with Crippen molar-refractivity contribution in [1.82, 2.24) is 15.5 Å². The van der Waals surface area contributed by atoms with Gasteiger partial charge in [0, 0.05) is 36.8 Å². The van der Waals surface area contributed by atoms with Crippen LogP contribution in [0, 0.1) is 11.6 Å². The third-order valence-corrected chi connectivity index (χ3v) is 4.48. The van der Waals surface area contributed by atoms with Crippen LogP contribution in [0.4, 0.5) is 13.6 Å². The van der Waals surface area contributed by atoms with E-state index >= 15 is 0 Å². The summed E-state index contributed by atoms with van der Waals surface area (Å²) >= 11 is 0. The van der Waals surface area contributed by atoms with Crippen LogP contribution in [0.3, 0.4) is 0 Å². The Balaban J connectivity index is 1.70. The summed E-state index contributed by atoms with van der Waals surface area (Å²) in [5.41, 5.74) is 0.371. The number of hydrogen-bond acceptors (Lipinski definition) is 2. The van der Waals surface area contributed by atoms with Crippen LogP contribution in [0.15, 0.2) is 18.2 Å². The van der Waals surface area contributed by atoms with Gasteiger partial charge in [0.1, 0.15) is 11.6 Å². The lowest BCUT2D eigenvalue weighted by molar-refractivity contribution is 0.188. The highest BCUT2D eigenvalue weighted by Gasteiger charge is 2.35.